The summed E-state index contributed by atoms with van der Waals surface area (Å²) in [5.74, 6) is 0.977. The Kier molecular flexibility index (Phi) is 8.25. The van der Waals surface area contributed by atoms with Crippen LogP contribution in [-0.4, -0.2) is 61.8 Å². The Morgan fingerprint density at radius 1 is 1.31 bits per heavy atom. The fourth-order valence-electron chi connectivity index (χ4n) is 3.15. The molecule has 26 heavy (non-hydrogen) atoms. The predicted molar refractivity (Wildman–Crippen MR) is 107 cm³/mol. The summed E-state index contributed by atoms with van der Waals surface area (Å²) in [6.07, 6.45) is 5.78. The van der Waals surface area contributed by atoms with Gasteiger partial charge in [0.25, 0.3) is 0 Å². The van der Waals surface area contributed by atoms with E-state index in [1.165, 1.54) is 11.1 Å². The van der Waals surface area contributed by atoms with Crippen molar-refractivity contribution in [1.82, 2.24) is 20.2 Å². The zero-order valence-electron chi connectivity index (χ0n) is 15.5. The highest BCUT2D eigenvalue weighted by molar-refractivity contribution is 5.85. The summed E-state index contributed by atoms with van der Waals surface area (Å²) < 4.78 is 5.12. The minimum Gasteiger partial charge on any atom is -0.383 e. The summed E-state index contributed by atoms with van der Waals surface area (Å²) in [5, 5.41) is 3.49. The fourth-order valence-corrected chi connectivity index (χ4v) is 3.15. The van der Waals surface area contributed by atoms with Crippen molar-refractivity contribution < 1.29 is 4.74 Å². The third-order valence-electron chi connectivity index (χ3n) is 4.64. The predicted octanol–water partition coefficient (Wildman–Crippen LogP) is 2.13. The number of halogens is 1. The molecule has 2 aromatic heterocycles. The molecule has 1 aliphatic rings. The first-order valence-electron chi connectivity index (χ1n) is 8.77. The summed E-state index contributed by atoms with van der Waals surface area (Å²) in [6, 6.07) is 8.78. The second-order valence-electron chi connectivity index (χ2n) is 6.42. The largest absolute Gasteiger partial charge is 0.383 e. The molecular weight excluding hydrogens is 350 g/mol. The van der Waals surface area contributed by atoms with E-state index in [2.05, 4.69) is 43.3 Å². The summed E-state index contributed by atoms with van der Waals surface area (Å²) >= 11 is 0. The number of pyridine rings is 2. The Morgan fingerprint density at radius 3 is 2.88 bits per heavy atom. The third kappa shape index (κ3) is 5.38. The molecule has 1 atom stereocenters. The number of anilines is 1. The van der Waals surface area contributed by atoms with Gasteiger partial charge in [-0.1, -0.05) is 12.1 Å². The van der Waals surface area contributed by atoms with Crippen LogP contribution in [0, 0.1) is 0 Å². The van der Waals surface area contributed by atoms with Gasteiger partial charge in [-0.2, -0.15) is 0 Å². The van der Waals surface area contributed by atoms with Crippen molar-refractivity contribution in [2.24, 2.45) is 0 Å². The first-order chi connectivity index (χ1) is 12.3. The molecular formula is C19H28ClN5O. The van der Waals surface area contributed by atoms with Crippen LogP contribution in [0.3, 0.4) is 0 Å². The van der Waals surface area contributed by atoms with Crippen LogP contribution in [0.2, 0.25) is 0 Å². The SMILES string of the molecule is COCCN(C)c1ccc(CN2CCNCC2c2cccnc2)cn1.Cl. The molecule has 1 aliphatic heterocycles. The fraction of sp³-hybridized carbons (Fsp3) is 0.474. The molecule has 0 aliphatic carbocycles. The standard InChI is InChI=1S/C19H27N5O.ClH/c1-23(10-11-25-2)19-6-5-16(12-22-19)15-24-9-8-21-14-18(24)17-4-3-7-20-13-17;/h3-7,12-13,18,21H,8-11,14-15H2,1-2H3;1H. The van der Waals surface area contributed by atoms with Crippen LogP contribution in [0.4, 0.5) is 5.82 Å². The van der Waals surface area contributed by atoms with Crippen LogP contribution in [0.1, 0.15) is 17.2 Å². The normalized spacial score (nSPS) is 17.5. The number of piperazine rings is 1. The maximum Gasteiger partial charge on any atom is 0.128 e. The second-order valence-corrected chi connectivity index (χ2v) is 6.42. The van der Waals surface area contributed by atoms with Crippen molar-refractivity contribution in [1.29, 1.82) is 0 Å². The van der Waals surface area contributed by atoms with Gasteiger partial charge in [-0.05, 0) is 23.3 Å². The lowest BCUT2D eigenvalue weighted by Gasteiger charge is -2.36. The lowest BCUT2D eigenvalue weighted by atomic mass is 10.0. The molecule has 0 radical (unpaired) electrons. The molecule has 3 heterocycles. The third-order valence-corrected chi connectivity index (χ3v) is 4.64. The molecule has 0 amide bonds. The summed E-state index contributed by atoms with van der Waals surface area (Å²) in [7, 11) is 3.76. The van der Waals surface area contributed by atoms with Gasteiger partial charge in [0.1, 0.15) is 5.82 Å². The highest BCUT2D eigenvalue weighted by Gasteiger charge is 2.23. The van der Waals surface area contributed by atoms with E-state index in [-0.39, 0.29) is 12.4 Å². The first-order valence-corrected chi connectivity index (χ1v) is 8.77. The lowest BCUT2D eigenvalue weighted by molar-refractivity contribution is 0.153. The van der Waals surface area contributed by atoms with Gasteiger partial charge in [-0.3, -0.25) is 9.88 Å². The number of ether oxygens (including phenoxy) is 1. The Labute approximate surface area is 162 Å². The van der Waals surface area contributed by atoms with Crippen molar-refractivity contribution in [3.05, 3.63) is 54.0 Å². The van der Waals surface area contributed by atoms with Crippen LogP contribution >= 0.6 is 12.4 Å². The molecule has 3 rings (SSSR count). The minimum atomic E-state index is 0. The summed E-state index contributed by atoms with van der Waals surface area (Å²) in [5.41, 5.74) is 2.50. The topological polar surface area (TPSA) is 53.5 Å². The summed E-state index contributed by atoms with van der Waals surface area (Å²) in [4.78, 5) is 13.5. The Bertz CT molecular complexity index is 640. The van der Waals surface area contributed by atoms with Gasteiger partial charge in [-0.15, -0.1) is 12.4 Å². The van der Waals surface area contributed by atoms with Crippen LogP contribution in [0.5, 0.6) is 0 Å². The number of hydrogen-bond donors (Lipinski definition) is 1. The Morgan fingerprint density at radius 2 is 2.19 bits per heavy atom. The second kappa shape index (κ2) is 10.4. The molecule has 7 heteroatoms. The molecule has 2 aromatic rings. The Hall–Kier alpha value is -1.73. The molecule has 1 saturated heterocycles. The molecule has 1 N–H and O–H groups in total. The molecule has 1 unspecified atom stereocenters. The van der Waals surface area contributed by atoms with E-state index < -0.39 is 0 Å². The van der Waals surface area contributed by atoms with E-state index in [4.69, 9.17) is 4.74 Å². The zero-order valence-corrected chi connectivity index (χ0v) is 16.3. The van der Waals surface area contributed by atoms with E-state index in [0.717, 1.165) is 38.5 Å². The van der Waals surface area contributed by atoms with Gasteiger partial charge in [0, 0.05) is 71.5 Å². The van der Waals surface area contributed by atoms with Gasteiger partial charge in [-0.25, -0.2) is 4.98 Å². The van der Waals surface area contributed by atoms with Crippen LogP contribution in [0.15, 0.2) is 42.9 Å². The Balaban J connectivity index is 0.00000243. The number of rotatable bonds is 7. The molecule has 0 spiro atoms. The van der Waals surface area contributed by atoms with E-state index >= 15 is 0 Å². The quantitative estimate of drug-likeness (QED) is 0.797. The smallest absolute Gasteiger partial charge is 0.128 e. The van der Waals surface area contributed by atoms with Gasteiger partial charge in [0.15, 0.2) is 0 Å². The molecule has 0 aromatic carbocycles. The molecule has 0 saturated carbocycles. The van der Waals surface area contributed by atoms with Crippen molar-refractivity contribution in [2.75, 3.05) is 51.8 Å². The van der Waals surface area contributed by atoms with E-state index in [1.54, 1.807) is 7.11 Å². The van der Waals surface area contributed by atoms with Gasteiger partial charge < -0.3 is 15.0 Å². The van der Waals surface area contributed by atoms with E-state index in [1.807, 2.05) is 31.7 Å². The number of aromatic nitrogens is 2. The molecule has 142 valence electrons. The lowest BCUT2D eigenvalue weighted by Crippen LogP contribution is -2.45. The molecule has 6 nitrogen and oxygen atoms in total. The van der Waals surface area contributed by atoms with Gasteiger partial charge in [0.2, 0.25) is 0 Å². The van der Waals surface area contributed by atoms with Crippen molar-refractivity contribution in [3.63, 3.8) is 0 Å². The number of nitrogens with zero attached hydrogens (tertiary/aromatic N) is 4. The van der Waals surface area contributed by atoms with Crippen molar-refractivity contribution in [3.8, 4) is 0 Å². The first kappa shape index (κ1) is 20.6. The number of likely N-dealkylation sites (N-methyl/N-ethyl adjacent to an activating group) is 1. The average molecular weight is 378 g/mol. The highest BCUT2D eigenvalue weighted by atomic mass is 35.5. The number of nitrogens with one attached hydrogen (secondary N) is 1. The van der Waals surface area contributed by atoms with Crippen molar-refractivity contribution >= 4 is 18.2 Å². The van der Waals surface area contributed by atoms with Crippen LogP contribution < -0.4 is 10.2 Å². The van der Waals surface area contributed by atoms with Gasteiger partial charge in [0.05, 0.1) is 6.61 Å². The van der Waals surface area contributed by atoms with Crippen molar-refractivity contribution in [2.45, 2.75) is 12.6 Å². The molecule has 1 fully saturated rings. The minimum absolute atomic E-state index is 0. The average Bonchev–Trinajstić information content (AvgIpc) is 2.68. The maximum absolute atomic E-state index is 5.12. The molecule has 0 bridgehead atoms. The number of methoxy groups -OCH3 is 1. The van der Waals surface area contributed by atoms with Crippen LogP contribution in [-0.2, 0) is 11.3 Å². The maximum atomic E-state index is 5.12. The van der Waals surface area contributed by atoms with Crippen LogP contribution in [0.25, 0.3) is 0 Å². The van der Waals surface area contributed by atoms with Gasteiger partial charge >= 0.3 is 0 Å². The van der Waals surface area contributed by atoms with E-state index in [0.29, 0.717) is 12.6 Å². The van der Waals surface area contributed by atoms with E-state index in [9.17, 15) is 0 Å². The zero-order chi connectivity index (χ0) is 17.5. The number of hydrogen-bond acceptors (Lipinski definition) is 6. The summed E-state index contributed by atoms with van der Waals surface area (Å²) in [6.45, 7) is 5.43. The monoisotopic (exact) mass is 377 g/mol. The highest BCUT2D eigenvalue weighted by Crippen LogP contribution is 2.23.